The van der Waals surface area contributed by atoms with Crippen LogP contribution in [0.4, 0.5) is 0 Å². The van der Waals surface area contributed by atoms with Crippen LogP contribution in [0.15, 0.2) is 46.6 Å². The van der Waals surface area contributed by atoms with E-state index in [4.69, 9.17) is 0 Å². The van der Waals surface area contributed by atoms with Crippen molar-refractivity contribution in [2.75, 3.05) is 0 Å². The minimum atomic E-state index is 0.00866. The fourth-order valence-electron chi connectivity index (χ4n) is 2.29. The van der Waals surface area contributed by atoms with Crippen LogP contribution in [0, 0.1) is 0 Å². The summed E-state index contributed by atoms with van der Waals surface area (Å²) in [4.78, 5) is 13.6. The highest BCUT2D eigenvalue weighted by Gasteiger charge is 2.12. The van der Waals surface area contributed by atoms with Gasteiger partial charge in [0.15, 0.2) is 0 Å². The molecule has 3 nitrogen and oxygen atoms in total. The molecule has 2 aromatic heterocycles. The molecule has 0 fully saturated rings. The summed E-state index contributed by atoms with van der Waals surface area (Å²) >= 11 is 1.65. The second kappa shape index (κ2) is 5.59. The van der Waals surface area contributed by atoms with Gasteiger partial charge in [-0.1, -0.05) is 37.6 Å². The monoisotopic (exact) mass is 284 g/mol. The fourth-order valence-corrected chi connectivity index (χ4v) is 3.01. The Hall–Kier alpha value is -1.94. The van der Waals surface area contributed by atoms with Crippen LogP contribution in [0.1, 0.15) is 19.8 Å². The topological polar surface area (TPSA) is 34.9 Å². The summed E-state index contributed by atoms with van der Waals surface area (Å²) < 4.78 is 1.61. The first kappa shape index (κ1) is 13.1. The minimum Gasteiger partial charge on any atom is -0.267 e. The second-order valence-electron chi connectivity index (χ2n) is 4.75. The lowest BCUT2D eigenvalue weighted by Crippen LogP contribution is -2.23. The third-order valence-electron chi connectivity index (χ3n) is 3.35. The van der Waals surface area contributed by atoms with E-state index < -0.39 is 0 Å². The van der Waals surface area contributed by atoms with Crippen molar-refractivity contribution in [1.82, 2.24) is 9.78 Å². The zero-order chi connectivity index (χ0) is 13.9. The van der Waals surface area contributed by atoms with E-state index in [1.807, 2.05) is 41.8 Å². The highest BCUT2D eigenvalue weighted by molar-refractivity contribution is 7.13. The number of nitrogens with zero attached hydrogens (tertiary/aromatic N) is 2. The molecule has 0 aliphatic carbocycles. The molecule has 0 aliphatic rings. The van der Waals surface area contributed by atoms with E-state index in [2.05, 4.69) is 12.0 Å². The Morgan fingerprint density at radius 2 is 1.95 bits per heavy atom. The van der Waals surface area contributed by atoms with Gasteiger partial charge in [-0.15, -0.1) is 11.3 Å². The molecule has 0 unspecified atom stereocenters. The highest BCUT2D eigenvalue weighted by atomic mass is 32.1. The highest BCUT2D eigenvalue weighted by Crippen LogP contribution is 2.28. The molecule has 102 valence electrons. The smallest absolute Gasteiger partial charge is 0.267 e. The van der Waals surface area contributed by atoms with Crippen molar-refractivity contribution >= 4 is 22.1 Å². The van der Waals surface area contributed by atoms with E-state index in [1.165, 1.54) is 0 Å². The van der Waals surface area contributed by atoms with Crippen molar-refractivity contribution in [1.29, 1.82) is 0 Å². The van der Waals surface area contributed by atoms with Gasteiger partial charge in [-0.05, 0) is 23.9 Å². The average Bonchev–Trinajstić information content (AvgIpc) is 3.01. The number of benzene rings is 1. The number of hydrogen-bond donors (Lipinski definition) is 0. The number of unbranched alkanes of at least 4 members (excludes halogenated alkanes) is 1. The molecule has 0 atom stereocenters. The molecular formula is C16H16N2OS. The lowest BCUT2D eigenvalue weighted by Gasteiger charge is -2.09. The van der Waals surface area contributed by atoms with Crippen molar-refractivity contribution < 1.29 is 0 Å². The van der Waals surface area contributed by atoms with Gasteiger partial charge in [0, 0.05) is 11.9 Å². The fraction of sp³-hybridized carbons (Fsp3) is 0.250. The number of aromatic nitrogens is 2. The molecule has 0 bridgehead atoms. The van der Waals surface area contributed by atoms with Crippen LogP contribution in [0.2, 0.25) is 0 Å². The van der Waals surface area contributed by atoms with E-state index in [-0.39, 0.29) is 5.56 Å². The number of thiophene rings is 1. The van der Waals surface area contributed by atoms with Crippen LogP contribution in [0.25, 0.3) is 21.3 Å². The van der Waals surface area contributed by atoms with Crippen LogP contribution < -0.4 is 5.56 Å². The maximum absolute atomic E-state index is 12.5. The third-order valence-corrected chi connectivity index (χ3v) is 4.22. The number of rotatable bonds is 4. The van der Waals surface area contributed by atoms with E-state index >= 15 is 0 Å². The van der Waals surface area contributed by atoms with Gasteiger partial charge >= 0.3 is 0 Å². The Balaban J connectivity index is 2.27. The van der Waals surface area contributed by atoms with Crippen LogP contribution in [0.3, 0.4) is 0 Å². The molecule has 0 spiro atoms. The molecule has 0 saturated carbocycles. The summed E-state index contributed by atoms with van der Waals surface area (Å²) in [5, 5.41) is 8.32. The van der Waals surface area contributed by atoms with Gasteiger partial charge in [0.2, 0.25) is 0 Å². The van der Waals surface area contributed by atoms with Crippen LogP contribution in [-0.4, -0.2) is 9.78 Å². The van der Waals surface area contributed by atoms with E-state index in [0.717, 1.165) is 34.2 Å². The Bertz CT molecular complexity index is 775. The predicted octanol–water partition coefficient (Wildman–Crippen LogP) is 3.93. The maximum atomic E-state index is 12.5. The van der Waals surface area contributed by atoms with E-state index in [0.29, 0.717) is 6.54 Å². The first-order valence-corrected chi connectivity index (χ1v) is 7.73. The third kappa shape index (κ3) is 2.27. The van der Waals surface area contributed by atoms with Crippen molar-refractivity contribution in [2.45, 2.75) is 26.3 Å². The van der Waals surface area contributed by atoms with Gasteiger partial charge in [-0.3, -0.25) is 4.79 Å². The first-order valence-electron chi connectivity index (χ1n) is 6.85. The van der Waals surface area contributed by atoms with Gasteiger partial charge in [0.25, 0.3) is 5.56 Å². The molecule has 2 heterocycles. The van der Waals surface area contributed by atoms with E-state index in [1.54, 1.807) is 16.0 Å². The summed E-state index contributed by atoms with van der Waals surface area (Å²) in [6, 6.07) is 11.8. The standard InChI is InChI=1S/C16H16N2OS/c1-2-3-10-18-16(19)13-8-5-4-7-12(13)15(17-18)14-9-6-11-20-14/h4-9,11H,2-3,10H2,1H3. The molecule has 1 aromatic carbocycles. The summed E-state index contributed by atoms with van der Waals surface area (Å²) in [7, 11) is 0. The summed E-state index contributed by atoms with van der Waals surface area (Å²) in [5.41, 5.74) is 0.917. The maximum Gasteiger partial charge on any atom is 0.274 e. The zero-order valence-electron chi connectivity index (χ0n) is 11.4. The zero-order valence-corrected chi connectivity index (χ0v) is 12.2. The summed E-state index contributed by atoms with van der Waals surface area (Å²) in [5.74, 6) is 0. The molecule has 4 heteroatoms. The van der Waals surface area contributed by atoms with Crippen LogP contribution >= 0.6 is 11.3 Å². The molecule has 0 amide bonds. The van der Waals surface area contributed by atoms with Crippen molar-refractivity contribution in [3.05, 3.63) is 52.1 Å². The van der Waals surface area contributed by atoms with Gasteiger partial charge in [0.1, 0.15) is 5.69 Å². The molecule has 3 rings (SSSR count). The van der Waals surface area contributed by atoms with Gasteiger partial charge in [0.05, 0.1) is 10.3 Å². The molecule has 3 aromatic rings. The van der Waals surface area contributed by atoms with Crippen molar-refractivity contribution in [3.63, 3.8) is 0 Å². The van der Waals surface area contributed by atoms with Crippen LogP contribution in [-0.2, 0) is 6.54 Å². The minimum absolute atomic E-state index is 0.00866. The first-order chi connectivity index (χ1) is 9.81. The molecule has 0 radical (unpaired) electrons. The Morgan fingerprint density at radius 1 is 1.15 bits per heavy atom. The second-order valence-corrected chi connectivity index (χ2v) is 5.70. The van der Waals surface area contributed by atoms with Crippen molar-refractivity contribution in [2.24, 2.45) is 0 Å². The molecule has 0 aliphatic heterocycles. The normalized spacial score (nSPS) is 11.1. The van der Waals surface area contributed by atoms with Crippen LogP contribution in [0.5, 0.6) is 0 Å². The lowest BCUT2D eigenvalue weighted by molar-refractivity contribution is 0.550. The Labute approximate surface area is 121 Å². The summed E-state index contributed by atoms with van der Waals surface area (Å²) in [6.07, 6.45) is 2.02. The largest absolute Gasteiger partial charge is 0.274 e. The molecule has 0 N–H and O–H groups in total. The van der Waals surface area contributed by atoms with Crippen molar-refractivity contribution in [3.8, 4) is 10.6 Å². The van der Waals surface area contributed by atoms with Gasteiger partial charge in [-0.2, -0.15) is 5.10 Å². The Kier molecular flexibility index (Phi) is 3.65. The molecular weight excluding hydrogens is 268 g/mol. The van der Waals surface area contributed by atoms with Gasteiger partial charge < -0.3 is 0 Å². The quantitative estimate of drug-likeness (QED) is 0.727. The SMILES string of the molecule is CCCCn1nc(-c2cccs2)c2ccccc2c1=O. The number of fused-ring (bicyclic) bond motifs is 1. The molecule has 20 heavy (non-hydrogen) atoms. The Morgan fingerprint density at radius 3 is 2.65 bits per heavy atom. The lowest BCUT2D eigenvalue weighted by atomic mass is 10.1. The predicted molar refractivity (Wildman–Crippen MR) is 84.2 cm³/mol. The van der Waals surface area contributed by atoms with E-state index in [9.17, 15) is 4.79 Å². The number of hydrogen-bond acceptors (Lipinski definition) is 3. The average molecular weight is 284 g/mol. The molecule has 0 saturated heterocycles. The summed E-state index contributed by atoms with van der Waals surface area (Å²) in [6.45, 7) is 2.80. The number of aryl methyl sites for hydroxylation is 1. The van der Waals surface area contributed by atoms with Gasteiger partial charge in [-0.25, -0.2) is 4.68 Å².